The molecule has 0 radical (unpaired) electrons. The Bertz CT molecular complexity index is 987. The lowest BCUT2D eigenvalue weighted by Crippen LogP contribution is -2.12. The molecule has 8 heteroatoms. The van der Waals surface area contributed by atoms with Gasteiger partial charge >= 0.3 is 0 Å². The van der Waals surface area contributed by atoms with Crippen molar-refractivity contribution in [2.24, 2.45) is 0 Å². The first-order valence-corrected chi connectivity index (χ1v) is 9.49. The van der Waals surface area contributed by atoms with E-state index in [1.54, 1.807) is 31.4 Å². The molecular weight excluding hydrogens is 376 g/mol. The predicted molar refractivity (Wildman–Crippen MR) is 109 cm³/mol. The molecule has 7 nitrogen and oxygen atoms in total. The quantitative estimate of drug-likeness (QED) is 0.635. The number of nitrogens with one attached hydrogen (secondary N) is 2. The highest BCUT2D eigenvalue weighted by Gasteiger charge is 2.14. The Hall–Kier alpha value is -3.26. The van der Waals surface area contributed by atoms with E-state index in [9.17, 15) is 9.59 Å². The number of nitrogens with zero attached hydrogens (tertiary/aromatic N) is 2. The summed E-state index contributed by atoms with van der Waals surface area (Å²) in [5, 5.41) is 14.5. The van der Waals surface area contributed by atoms with Crippen molar-refractivity contribution in [2.75, 3.05) is 17.7 Å². The summed E-state index contributed by atoms with van der Waals surface area (Å²) in [5.74, 6) is 0.218. The number of benzene rings is 2. The van der Waals surface area contributed by atoms with Crippen molar-refractivity contribution in [2.45, 2.75) is 19.8 Å². The van der Waals surface area contributed by atoms with Crippen LogP contribution >= 0.6 is 11.3 Å². The smallest absolute Gasteiger partial charge is 0.286 e. The molecule has 2 aromatic carbocycles. The fraction of sp³-hybridized carbons (Fsp3) is 0.200. The molecule has 0 atom stereocenters. The van der Waals surface area contributed by atoms with Crippen molar-refractivity contribution >= 4 is 34.5 Å². The highest BCUT2D eigenvalue weighted by molar-refractivity contribution is 7.13. The third-order valence-electron chi connectivity index (χ3n) is 3.86. The number of anilines is 2. The van der Waals surface area contributed by atoms with Crippen LogP contribution in [0.3, 0.4) is 0 Å². The van der Waals surface area contributed by atoms with E-state index >= 15 is 0 Å². The number of hydrogen-bond acceptors (Lipinski definition) is 6. The largest absolute Gasteiger partial charge is 0.497 e. The van der Waals surface area contributed by atoms with Crippen LogP contribution in [0.15, 0.2) is 48.5 Å². The van der Waals surface area contributed by atoms with E-state index in [1.165, 1.54) is 11.3 Å². The fourth-order valence-corrected chi connectivity index (χ4v) is 3.23. The third-order valence-corrected chi connectivity index (χ3v) is 4.84. The molecule has 0 fully saturated rings. The summed E-state index contributed by atoms with van der Waals surface area (Å²) >= 11 is 1.18. The minimum absolute atomic E-state index is 0.144. The Kier molecular flexibility index (Phi) is 6.33. The van der Waals surface area contributed by atoms with Crippen molar-refractivity contribution in [3.05, 3.63) is 64.1 Å². The van der Waals surface area contributed by atoms with Crippen LogP contribution in [0, 0.1) is 6.92 Å². The van der Waals surface area contributed by atoms with Crippen LogP contribution in [-0.4, -0.2) is 29.1 Å². The van der Waals surface area contributed by atoms with Crippen molar-refractivity contribution < 1.29 is 14.3 Å². The van der Waals surface area contributed by atoms with Crippen LogP contribution in [-0.2, 0) is 11.2 Å². The van der Waals surface area contributed by atoms with Gasteiger partial charge in [0.2, 0.25) is 10.9 Å². The average molecular weight is 396 g/mol. The first-order chi connectivity index (χ1) is 13.5. The van der Waals surface area contributed by atoms with Gasteiger partial charge < -0.3 is 15.4 Å². The zero-order valence-corrected chi connectivity index (χ0v) is 16.4. The van der Waals surface area contributed by atoms with Gasteiger partial charge in [0, 0.05) is 30.3 Å². The molecule has 28 heavy (non-hydrogen) atoms. The zero-order valence-electron chi connectivity index (χ0n) is 15.6. The molecule has 0 bridgehead atoms. The molecule has 2 N–H and O–H groups in total. The molecule has 144 valence electrons. The minimum atomic E-state index is -0.310. The van der Waals surface area contributed by atoms with Crippen LogP contribution in [0.25, 0.3) is 0 Å². The summed E-state index contributed by atoms with van der Waals surface area (Å²) < 4.78 is 5.13. The maximum Gasteiger partial charge on any atom is 0.286 e. The van der Waals surface area contributed by atoms with Gasteiger partial charge in [0.25, 0.3) is 5.91 Å². The lowest BCUT2D eigenvalue weighted by Gasteiger charge is -2.06. The molecule has 1 heterocycles. The number of carbonyl (C=O) groups excluding carboxylic acids is 2. The number of aryl methyl sites for hydroxylation is 2. The Morgan fingerprint density at radius 3 is 2.54 bits per heavy atom. The summed E-state index contributed by atoms with van der Waals surface area (Å²) in [6.07, 6.45) is 0.649. The SMILES string of the molecule is COc1cccc(NC(=O)CCc2nnc(C(=O)Nc3cccc(C)c3)s2)c1. The van der Waals surface area contributed by atoms with Gasteiger partial charge in [-0.05, 0) is 36.8 Å². The number of methoxy groups -OCH3 is 1. The average Bonchev–Trinajstić information content (AvgIpc) is 3.16. The molecule has 0 aliphatic carbocycles. The van der Waals surface area contributed by atoms with Gasteiger partial charge in [0.15, 0.2) is 0 Å². The summed E-state index contributed by atoms with van der Waals surface area (Å²) in [4.78, 5) is 24.4. The molecule has 1 aromatic heterocycles. The second-order valence-electron chi connectivity index (χ2n) is 6.10. The molecule has 2 amide bonds. The first-order valence-electron chi connectivity index (χ1n) is 8.68. The maximum absolute atomic E-state index is 12.3. The van der Waals surface area contributed by atoms with Crippen molar-refractivity contribution in [1.82, 2.24) is 10.2 Å². The van der Waals surface area contributed by atoms with Crippen LogP contribution in [0.1, 0.15) is 26.8 Å². The van der Waals surface area contributed by atoms with Gasteiger partial charge in [0.1, 0.15) is 10.8 Å². The Morgan fingerprint density at radius 2 is 1.79 bits per heavy atom. The molecule has 0 aliphatic rings. The lowest BCUT2D eigenvalue weighted by atomic mass is 10.2. The zero-order chi connectivity index (χ0) is 19.9. The van der Waals surface area contributed by atoms with E-state index in [0.29, 0.717) is 28.6 Å². The molecule has 0 spiro atoms. The molecular formula is C20H20N4O3S. The predicted octanol–water partition coefficient (Wildman–Crippen LogP) is 3.68. The van der Waals surface area contributed by atoms with Crippen molar-refractivity contribution in [3.63, 3.8) is 0 Å². The molecule has 0 saturated heterocycles. The molecule has 0 unspecified atom stereocenters. The number of carbonyl (C=O) groups is 2. The summed E-state index contributed by atoms with van der Waals surface area (Å²) in [7, 11) is 1.57. The van der Waals surface area contributed by atoms with Crippen LogP contribution in [0.2, 0.25) is 0 Å². The summed E-state index contributed by atoms with van der Waals surface area (Å²) in [6.45, 7) is 1.95. The van der Waals surface area contributed by atoms with E-state index in [0.717, 1.165) is 5.56 Å². The van der Waals surface area contributed by atoms with Gasteiger partial charge in [-0.1, -0.05) is 29.5 Å². The number of amides is 2. The van der Waals surface area contributed by atoms with Gasteiger partial charge in [-0.2, -0.15) is 0 Å². The number of rotatable bonds is 7. The normalized spacial score (nSPS) is 10.4. The van der Waals surface area contributed by atoms with E-state index in [1.807, 2.05) is 31.2 Å². The molecule has 0 aliphatic heterocycles. The number of hydrogen-bond donors (Lipinski definition) is 2. The fourth-order valence-electron chi connectivity index (χ4n) is 2.50. The van der Waals surface area contributed by atoms with Crippen LogP contribution < -0.4 is 15.4 Å². The van der Waals surface area contributed by atoms with E-state index in [2.05, 4.69) is 20.8 Å². The topological polar surface area (TPSA) is 93.2 Å². The van der Waals surface area contributed by atoms with Crippen LogP contribution in [0.4, 0.5) is 11.4 Å². The molecule has 3 rings (SSSR count). The monoisotopic (exact) mass is 396 g/mol. The Balaban J connectivity index is 1.52. The van der Waals surface area contributed by atoms with Gasteiger partial charge in [0.05, 0.1) is 7.11 Å². The van der Waals surface area contributed by atoms with E-state index in [4.69, 9.17) is 4.74 Å². The van der Waals surface area contributed by atoms with Gasteiger partial charge in [-0.15, -0.1) is 10.2 Å². The minimum Gasteiger partial charge on any atom is -0.497 e. The first kappa shape index (κ1) is 19.5. The number of aromatic nitrogens is 2. The second kappa shape index (κ2) is 9.09. The second-order valence-corrected chi connectivity index (χ2v) is 7.17. The summed E-state index contributed by atoms with van der Waals surface area (Å²) in [5.41, 5.74) is 2.43. The lowest BCUT2D eigenvalue weighted by molar-refractivity contribution is -0.116. The highest BCUT2D eigenvalue weighted by Crippen LogP contribution is 2.18. The van der Waals surface area contributed by atoms with Crippen molar-refractivity contribution in [1.29, 1.82) is 0 Å². The maximum atomic E-state index is 12.3. The Morgan fingerprint density at radius 1 is 1.04 bits per heavy atom. The summed E-state index contributed by atoms with van der Waals surface area (Å²) in [6, 6.07) is 14.7. The van der Waals surface area contributed by atoms with Crippen molar-refractivity contribution in [3.8, 4) is 5.75 Å². The van der Waals surface area contributed by atoms with E-state index in [-0.39, 0.29) is 23.2 Å². The van der Waals surface area contributed by atoms with Gasteiger partial charge in [-0.25, -0.2) is 0 Å². The van der Waals surface area contributed by atoms with Crippen LogP contribution in [0.5, 0.6) is 5.75 Å². The number of ether oxygens (including phenoxy) is 1. The highest BCUT2D eigenvalue weighted by atomic mass is 32.1. The molecule has 3 aromatic rings. The Labute approximate surface area is 166 Å². The van der Waals surface area contributed by atoms with Gasteiger partial charge in [-0.3, -0.25) is 9.59 Å². The third kappa shape index (κ3) is 5.37. The molecule has 0 saturated carbocycles. The van der Waals surface area contributed by atoms with E-state index < -0.39 is 0 Å². The standard InChI is InChI=1S/C20H20N4O3S/c1-13-5-3-6-14(11-13)22-19(26)20-24-23-18(28-20)10-9-17(25)21-15-7-4-8-16(12-15)27-2/h3-8,11-12H,9-10H2,1-2H3,(H,21,25)(H,22,26).